The highest BCUT2D eigenvalue weighted by Gasteiger charge is 2.20. The van der Waals surface area contributed by atoms with E-state index in [0.717, 1.165) is 6.08 Å². The third kappa shape index (κ3) is 7.30. The number of rotatable bonds is 8. The first-order valence-electron chi connectivity index (χ1n) is 7.42. The van der Waals surface area contributed by atoms with Crippen LogP contribution in [0.2, 0.25) is 0 Å². The van der Waals surface area contributed by atoms with Crippen molar-refractivity contribution >= 4 is 23.8 Å². The fraction of sp³-hybridized carbons (Fsp3) is 0.294. The Morgan fingerprint density at radius 2 is 1.76 bits per heavy atom. The van der Waals surface area contributed by atoms with Gasteiger partial charge in [-0.1, -0.05) is 24.3 Å². The minimum Gasteiger partial charge on any atom is -0.467 e. The maximum atomic E-state index is 11.9. The molecule has 134 valence electrons. The highest BCUT2D eigenvalue weighted by Crippen LogP contribution is 1.99. The minimum absolute atomic E-state index is 0.0418. The summed E-state index contributed by atoms with van der Waals surface area (Å²) < 4.78 is 9.03. The average Bonchev–Trinajstić information content (AvgIpc) is 2.65. The molecule has 1 atom stereocenters. The minimum atomic E-state index is -0.980. The smallest absolute Gasteiger partial charge is 0.330 e. The van der Waals surface area contributed by atoms with Gasteiger partial charge < -0.3 is 20.1 Å². The normalized spacial score (nSPS) is 11.4. The molecule has 0 fully saturated rings. The first-order valence-corrected chi connectivity index (χ1v) is 7.42. The molecule has 2 amide bonds. The molecular formula is C17H20N2O6. The second-order valence-corrected chi connectivity index (χ2v) is 4.85. The van der Waals surface area contributed by atoms with Gasteiger partial charge in [0.2, 0.25) is 5.91 Å². The maximum absolute atomic E-state index is 11.9. The summed E-state index contributed by atoms with van der Waals surface area (Å²) in [5.74, 6) is -2.22. The van der Waals surface area contributed by atoms with Crippen molar-refractivity contribution in [2.24, 2.45) is 0 Å². The summed E-state index contributed by atoms with van der Waals surface area (Å²) in [7, 11) is 2.41. The van der Waals surface area contributed by atoms with Gasteiger partial charge in [-0.3, -0.25) is 9.59 Å². The SMILES string of the molecule is COC(=O)/C=C/C[C@@H](NC(=O)CNC(=O)c1ccccc1)C(=O)OC. The topological polar surface area (TPSA) is 111 Å². The van der Waals surface area contributed by atoms with Gasteiger partial charge in [-0.15, -0.1) is 0 Å². The van der Waals surface area contributed by atoms with Crippen LogP contribution in [0.4, 0.5) is 0 Å². The zero-order valence-electron chi connectivity index (χ0n) is 14.0. The molecule has 1 aromatic rings. The van der Waals surface area contributed by atoms with Gasteiger partial charge in [-0.05, 0) is 18.6 Å². The van der Waals surface area contributed by atoms with Crippen LogP contribution in [0.15, 0.2) is 42.5 Å². The fourth-order valence-electron chi connectivity index (χ4n) is 1.82. The van der Waals surface area contributed by atoms with E-state index in [-0.39, 0.29) is 13.0 Å². The van der Waals surface area contributed by atoms with Crippen molar-refractivity contribution in [3.05, 3.63) is 48.0 Å². The lowest BCUT2D eigenvalue weighted by Gasteiger charge is -2.15. The molecule has 25 heavy (non-hydrogen) atoms. The van der Waals surface area contributed by atoms with E-state index >= 15 is 0 Å². The number of carbonyl (C=O) groups is 4. The highest BCUT2D eigenvalue weighted by molar-refractivity contribution is 5.96. The number of ether oxygens (including phenoxy) is 2. The summed E-state index contributed by atoms with van der Waals surface area (Å²) >= 11 is 0. The van der Waals surface area contributed by atoms with Gasteiger partial charge in [0, 0.05) is 11.6 Å². The number of carbonyl (C=O) groups excluding carboxylic acids is 4. The quantitative estimate of drug-likeness (QED) is 0.513. The number of hydrogen-bond acceptors (Lipinski definition) is 6. The number of nitrogens with one attached hydrogen (secondary N) is 2. The molecule has 2 N–H and O–H groups in total. The Balaban J connectivity index is 2.54. The summed E-state index contributed by atoms with van der Waals surface area (Å²) in [5, 5.41) is 4.88. The van der Waals surface area contributed by atoms with E-state index in [2.05, 4.69) is 20.1 Å². The lowest BCUT2D eigenvalue weighted by molar-refractivity contribution is -0.144. The highest BCUT2D eigenvalue weighted by atomic mass is 16.5. The van der Waals surface area contributed by atoms with Crippen molar-refractivity contribution in [1.29, 1.82) is 0 Å². The van der Waals surface area contributed by atoms with Gasteiger partial charge >= 0.3 is 11.9 Å². The number of amides is 2. The van der Waals surface area contributed by atoms with Gasteiger partial charge in [0.1, 0.15) is 6.04 Å². The Hall–Kier alpha value is -3.16. The molecule has 0 heterocycles. The second-order valence-electron chi connectivity index (χ2n) is 4.85. The third-order valence-corrected chi connectivity index (χ3v) is 3.09. The van der Waals surface area contributed by atoms with Crippen LogP contribution in [0.1, 0.15) is 16.8 Å². The molecule has 0 aliphatic carbocycles. The molecule has 0 aliphatic heterocycles. The Labute approximate surface area is 145 Å². The van der Waals surface area contributed by atoms with Crippen molar-refractivity contribution < 1.29 is 28.7 Å². The van der Waals surface area contributed by atoms with Crippen LogP contribution in [0, 0.1) is 0 Å². The van der Waals surface area contributed by atoms with Crippen LogP contribution in [0.5, 0.6) is 0 Å². The number of esters is 2. The largest absolute Gasteiger partial charge is 0.467 e. The van der Waals surface area contributed by atoms with E-state index in [0.29, 0.717) is 5.56 Å². The molecule has 1 rings (SSSR count). The number of methoxy groups -OCH3 is 2. The Bertz CT molecular complexity index is 642. The monoisotopic (exact) mass is 348 g/mol. The van der Waals surface area contributed by atoms with E-state index in [4.69, 9.17) is 0 Å². The molecule has 8 heteroatoms. The van der Waals surface area contributed by atoms with Gasteiger partial charge in [0.05, 0.1) is 20.8 Å². The summed E-state index contributed by atoms with van der Waals surface area (Å²) in [5.41, 5.74) is 0.417. The lowest BCUT2D eigenvalue weighted by atomic mass is 10.2. The predicted octanol–water partition coefficient (Wildman–Crippen LogP) is 0.194. The fourth-order valence-corrected chi connectivity index (χ4v) is 1.82. The van der Waals surface area contributed by atoms with Crippen molar-refractivity contribution in [2.75, 3.05) is 20.8 Å². The van der Waals surface area contributed by atoms with Crippen LogP contribution in [0.25, 0.3) is 0 Å². The van der Waals surface area contributed by atoms with E-state index in [1.807, 2.05) is 0 Å². The Morgan fingerprint density at radius 1 is 1.08 bits per heavy atom. The molecule has 0 unspecified atom stereocenters. The van der Waals surface area contributed by atoms with Gasteiger partial charge in [-0.25, -0.2) is 9.59 Å². The van der Waals surface area contributed by atoms with Crippen LogP contribution < -0.4 is 10.6 Å². The van der Waals surface area contributed by atoms with Gasteiger partial charge in [0.15, 0.2) is 0 Å². The molecule has 0 aliphatic rings. The van der Waals surface area contributed by atoms with Crippen LogP contribution in [0.3, 0.4) is 0 Å². The molecule has 8 nitrogen and oxygen atoms in total. The molecule has 0 saturated heterocycles. The maximum Gasteiger partial charge on any atom is 0.330 e. The summed E-state index contributed by atoms with van der Waals surface area (Å²) in [6.07, 6.45) is 2.57. The zero-order valence-corrected chi connectivity index (χ0v) is 14.0. The molecule has 0 saturated carbocycles. The molecular weight excluding hydrogens is 328 g/mol. The van der Waals surface area contributed by atoms with Crippen LogP contribution in [-0.2, 0) is 23.9 Å². The van der Waals surface area contributed by atoms with E-state index in [1.54, 1.807) is 30.3 Å². The second kappa shape index (κ2) is 10.6. The summed E-state index contributed by atoms with van der Waals surface area (Å²) in [6, 6.07) is 7.43. The third-order valence-electron chi connectivity index (χ3n) is 3.09. The first kappa shape index (κ1) is 19.9. The Kier molecular flexibility index (Phi) is 8.42. The van der Waals surface area contributed by atoms with E-state index in [1.165, 1.54) is 20.3 Å². The zero-order chi connectivity index (χ0) is 18.7. The van der Waals surface area contributed by atoms with Crippen molar-refractivity contribution in [2.45, 2.75) is 12.5 Å². The van der Waals surface area contributed by atoms with Gasteiger partial charge in [-0.2, -0.15) is 0 Å². The molecule has 1 aromatic carbocycles. The van der Waals surface area contributed by atoms with E-state index < -0.39 is 29.8 Å². The lowest BCUT2D eigenvalue weighted by Crippen LogP contribution is -2.45. The molecule has 0 aromatic heterocycles. The van der Waals surface area contributed by atoms with Crippen LogP contribution >= 0.6 is 0 Å². The van der Waals surface area contributed by atoms with E-state index in [9.17, 15) is 19.2 Å². The molecule has 0 bridgehead atoms. The number of benzene rings is 1. The van der Waals surface area contributed by atoms with Crippen molar-refractivity contribution in [1.82, 2.24) is 10.6 Å². The summed E-state index contributed by atoms with van der Waals surface area (Å²) in [4.78, 5) is 46.5. The molecule has 0 radical (unpaired) electrons. The van der Waals surface area contributed by atoms with Crippen molar-refractivity contribution in [3.63, 3.8) is 0 Å². The average molecular weight is 348 g/mol. The predicted molar refractivity (Wildman–Crippen MR) is 88.5 cm³/mol. The molecule has 0 spiro atoms. The van der Waals surface area contributed by atoms with Crippen LogP contribution in [-0.4, -0.2) is 50.6 Å². The number of hydrogen-bond donors (Lipinski definition) is 2. The van der Waals surface area contributed by atoms with Crippen molar-refractivity contribution in [3.8, 4) is 0 Å². The Morgan fingerprint density at radius 3 is 2.36 bits per heavy atom. The first-order chi connectivity index (χ1) is 12.0. The van der Waals surface area contributed by atoms with Gasteiger partial charge in [0.25, 0.3) is 5.91 Å². The standard InChI is InChI=1S/C17H20N2O6/c1-24-15(21)10-6-9-13(17(23)25-2)19-14(20)11-18-16(22)12-7-4-3-5-8-12/h3-8,10,13H,9,11H2,1-2H3,(H,18,22)(H,19,20)/b10-6+/t13-/m1/s1. The summed E-state index contributed by atoms with van der Waals surface area (Å²) in [6.45, 7) is -0.304.